The molecule has 0 aromatic heterocycles. The van der Waals surface area contributed by atoms with Crippen molar-refractivity contribution in [2.75, 3.05) is 31.6 Å². The lowest BCUT2D eigenvalue weighted by Crippen LogP contribution is -2.34. The van der Waals surface area contributed by atoms with Gasteiger partial charge < -0.3 is 10.6 Å². The molecule has 2 atom stereocenters. The fourth-order valence-corrected chi connectivity index (χ4v) is 2.16. The zero-order valence-electron chi connectivity index (χ0n) is 8.34. The highest BCUT2D eigenvalue weighted by Crippen LogP contribution is 2.02. The number of hydrogen-bond acceptors (Lipinski definition) is 3. The second-order valence-corrected chi connectivity index (χ2v) is 5.18. The second-order valence-electron chi connectivity index (χ2n) is 3.63. The van der Waals surface area contributed by atoms with Crippen LogP contribution in [0.1, 0.15) is 19.3 Å². The highest BCUT2D eigenvalue weighted by molar-refractivity contribution is 7.84. The molecule has 1 saturated heterocycles. The minimum absolute atomic E-state index is 0.627. The summed E-state index contributed by atoms with van der Waals surface area (Å²) in [5.41, 5.74) is 0. The molecule has 78 valence electrons. The first-order chi connectivity index (χ1) is 6.29. The smallest absolute Gasteiger partial charge is 0.0244 e. The third-order valence-electron chi connectivity index (χ3n) is 2.34. The van der Waals surface area contributed by atoms with Crippen LogP contribution in [0.5, 0.6) is 0 Å². The Morgan fingerprint density at radius 3 is 3.08 bits per heavy atom. The van der Waals surface area contributed by atoms with Crippen LogP contribution in [0.25, 0.3) is 0 Å². The van der Waals surface area contributed by atoms with Gasteiger partial charge in [0.1, 0.15) is 0 Å². The Bertz CT molecular complexity index is 158. The van der Waals surface area contributed by atoms with Gasteiger partial charge in [0.05, 0.1) is 0 Å². The first-order valence-corrected chi connectivity index (χ1v) is 6.76. The van der Waals surface area contributed by atoms with E-state index in [1.54, 1.807) is 6.26 Å². The van der Waals surface area contributed by atoms with Crippen LogP contribution in [0.15, 0.2) is 0 Å². The Morgan fingerprint density at radius 2 is 2.46 bits per heavy atom. The van der Waals surface area contributed by atoms with Gasteiger partial charge in [0.25, 0.3) is 0 Å². The lowest BCUT2D eigenvalue weighted by molar-refractivity contribution is 0.535. The molecule has 0 aromatic carbocycles. The van der Waals surface area contributed by atoms with E-state index in [1.165, 1.54) is 19.4 Å². The van der Waals surface area contributed by atoms with Gasteiger partial charge in [-0.25, -0.2) is 0 Å². The lowest BCUT2D eigenvalue weighted by Gasteiger charge is -2.10. The highest BCUT2D eigenvalue weighted by Gasteiger charge is 2.12. The van der Waals surface area contributed by atoms with Crippen molar-refractivity contribution in [1.29, 1.82) is 0 Å². The van der Waals surface area contributed by atoms with Crippen LogP contribution in [0.4, 0.5) is 0 Å². The first-order valence-electron chi connectivity index (χ1n) is 5.03. The van der Waals surface area contributed by atoms with Crippen LogP contribution in [0, 0.1) is 0 Å². The molecule has 1 aliphatic heterocycles. The molecule has 13 heavy (non-hydrogen) atoms. The van der Waals surface area contributed by atoms with Crippen molar-refractivity contribution in [3.05, 3.63) is 0 Å². The number of nitrogens with one attached hydrogen (secondary N) is 2. The van der Waals surface area contributed by atoms with E-state index in [0.29, 0.717) is 6.04 Å². The summed E-state index contributed by atoms with van der Waals surface area (Å²) in [6.07, 6.45) is 5.40. The second kappa shape index (κ2) is 6.51. The summed E-state index contributed by atoms with van der Waals surface area (Å²) >= 11 is 0. The van der Waals surface area contributed by atoms with Gasteiger partial charge in [-0.2, -0.15) is 0 Å². The predicted molar refractivity (Wildman–Crippen MR) is 57.4 cm³/mol. The van der Waals surface area contributed by atoms with Gasteiger partial charge in [0, 0.05) is 35.4 Å². The normalized spacial score (nSPS) is 24.8. The van der Waals surface area contributed by atoms with Gasteiger partial charge in [-0.15, -0.1) is 0 Å². The standard InChI is InChI=1S/C9H20N2OS/c1-13(12)7-3-5-10-8-9-4-2-6-11-9/h9-11H,2-8H2,1H3. The van der Waals surface area contributed by atoms with E-state index in [0.717, 1.165) is 25.3 Å². The van der Waals surface area contributed by atoms with E-state index < -0.39 is 10.8 Å². The molecular weight excluding hydrogens is 184 g/mol. The zero-order valence-corrected chi connectivity index (χ0v) is 9.16. The monoisotopic (exact) mass is 204 g/mol. The molecule has 0 saturated carbocycles. The van der Waals surface area contributed by atoms with Gasteiger partial charge in [0.2, 0.25) is 0 Å². The molecule has 2 unspecified atom stereocenters. The van der Waals surface area contributed by atoms with Crippen molar-refractivity contribution in [2.45, 2.75) is 25.3 Å². The van der Waals surface area contributed by atoms with Crippen LogP contribution in [-0.2, 0) is 10.8 Å². The molecule has 0 spiro atoms. The average molecular weight is 204 g/mol. The molecule has 4 heteroatoms. The Hall–Kier alpha value is 0.0700. The van der Waals surface area contributed by atoms with Gasteiger partial charge in [-0.1, -0.05) is 0 Å². The Morgan fingerprint density at radius 1 is 1.62 bits per heavy atom. The van der Waals surface area contributed by atoms with E-state index in [4.69, 9.17) is 0 Å². The number of hydrogen-bond donors (Lipinski definition) is 2. The quantitative estimate of drug-likeness (QED) is 0.603. The maximum atomic E-state index is 10.7. The van der Waals surface area contributed by atoms with Gasteiger partial charge in [-0.3, -0.25) is 4.21 Å². The Labute approximate surface area is 83.1 Å². The Balaban J connectivity index is 1.86. The van der Waals surface area contributed by atoms with Crippen LogP contribution in [0.2, 0.25) is 0 Å². The maximum Gasteiger partial charge on any atom is 0.0244 e. The van der Waals surface area contributed by atoms with Gasteiger partial charge in [-0.05, 0) is 32.4 Å². The molecule has 2 N–H and O–H groups in total. The van der Waals surface area contributed by atoms with E-state index in [2.05, 4.69) is 10.6 Å². The highest BCUT2D eigenvalue weighted by atomic mass is 32.2. The maximum absolute atomic E-state index is 10.7. The molecule has 3 nitrogen and oxygen atoms in total. The molecule has 0 aliphatic carbocycles. The summed E-state index contributed by atoms with van der Waals surface area (Å²) in [5.74, 6) is 0.824. The van der Waals surface area contributed by atoms with Gasteiger partial charge in [0.15, 0.2) is 0 Å². The summed E-state index contributed by atoms with van der Waals surface area (Å²) < 4.78 is 10.7. The summed E-state index contributed by atoms with van der Waals surface area (Å²) in [5, 5.41) is 6.82. The van der Waals surface area contributed by atoms with Crippen LogP contribution in [0.3, 0.4) is 0 Å². The molecule has 1 aliphatic rings. The van der Waals surface area contributed by atoms with Crippen molar-refractivity contribution in [1.82, 2.24) is 10.6 Å². The fraction of sp³-hybridized carbons (Fsp3) is 1.00. The summed E-state index contributed by atoms with van der Waals surface area (Å²) in [4.78, 5) is 0. The van der Waals surface area contributed by atoms with Gasteiger partial charge >= 0.3 is 0 Å². The van der Waals surface area contributed by atoms with Crippen LogP contribution < -0.4 is 10.6 Å². The van der Waals surface area contributed by atoms with Crippen molar-refractivity contribution in [3.8, 4) is 0 Å². The molecular formula is C9H20N2OS. The van der Waals surface area contributed by atoms with E-state index in [-0.39, 0.29) is 0 Å². The SMILES string of the molecule is CS(=O)CCCNCC1CCCN1. The first kappa shape index (κ1) is 11.1. The van der Waals surface area contributed by atoms with E-state index in [9.17, 15) is 4.21 Å². The van der Waals surface area contributed by atoms with E-state index >= 15 is 0 Å². The number of rotatable bonds is 6. The third kappa shape index (κ3) is 5.39. The predicted octanol–water partition coefficient (Wildman–Crippen LogP) is 0.0966. The van der Waals surface area contributed by atoms with Crippen molar-refractivity contribution in [2.24, 2.45) is 0 Å². The lowest BCUT2D eigenvalue weighted by atomic mass is 10.2. The van der Waals surface area contributed by atoms with E-state index in [1.807, 2.05) is 0 Å². The van der Waals surface area contributed by atoms with Crippen molar-refractivity contribution in [3.63, 3.8) is 0 Å². The van der Waals surface area contributed by atoms with Crippen molar-refractivity contribution >= 4 is 10.8 Å². The molecule has 0 amide bonds. The molecule has 0 aromatic rings. The topological polar surface area (TPSA) is 41.1 Å². The molecule has 1 rings (SSSR count). The van der Waals surface area contributed by atoms with Crippen molar-refractivity contribution < 1.29 is 4.21 Å². The minimum Gasteiger partial charge on any atom is -0.315 e. The third-order valence-corrected chi connectivity index (χ3v) is 3.20. The van der Waals surface area contributed by atoms with Crippen LogP contribution in [-0.4, -0.2) is 41.9 Å². The molecule has 0 radical (unpaired) electrons. The molecule has 0 bridgehead atoms. The average Bonchev–Trinajstić information content (AvgIpc) is 2.55. The minimum atomic E-state index is -0.627. The zero-order chi connectivity index (χ0) is 9.52. The molecule has 1 fully saturated rings. The summed E-state index contributed by atoms with van der Waals surface area (Å²) in [6.45, 7) is 3.24. The summed E-state index contributed by atoms with van der Waals surface area (Å²) in [7, 11) is -0.627. The fourth-order valence-electron chi connectivity index (χ4n) is 1.61. The summed E-state index contributed by atoms with van der Waals surface area (Å²) in [6, 6.07) is 0.673. The Kier molecular flexibility index (Phi) is 5.58. The van der Waals surface area contributed by atoms with Crippen LogP contribution >= 0.6 is 0 Å². The largest absolute Gasteiger partial charge is 0.315 e. The molecule has 1 heterocycles.